The molecule has 1 saturated carbocycles. The zero-order valence-corrected chi connectivity index (χ0v) is 41.5. The second-order valence-corrected chi connectivity index (χ2v) is 18.9. The smallest absolute Gasteiger partial charge is 0.135 e. The van der Waals surface area contributed by atoms with Crippen LogP contribution < -0.4 is 14.5 Å². The summed E-state index contributed by atoms with van der Waals surface area (Å²) in [6.45, 7) is 8.78. The number of hydrogen-bond acceptors (Lipinski definition) is 4. The number of para-hydroxylation sites is 4. The maximum Gasteiger partial charge on any atom is 0.135 e. The molecule has 0 atom stereocenters. The largest absolute Gasteiger partial charge is 0.509 e. The van der Waals surface area contributed by atoms with Crippen molar-refractivity contribution in [2.75, 3.05) is 9.80 Å². The molecule has 348 valence electrons. The molecular formula is C64H53N4OPt-3. The number of pyridine rings is 1. The summed E-state index contributed by atoms with van der Waals surface area (Å²) >= 11 is 0. The Balaban J connectivity index is 0.00000588. The van der Waals surface area contributed by atoms with E-state index in [9.17, 15) is 5.48 Å². The Hall–Kier alpha value is -7.20. The van der Waals surface area contributed by atoms with Crippen LogP contribution in [0.25, 0.3) is 49.9 Å². The van der Waals surface area contributed by atoms with Gasteiger partial charge in [-0.25, -0.2) is 4.98 Å². The van der Waals surface area contributed by atoms with E-state index in [0.717, 1.165) is 72.4 Å². The first-order chi connectivity index (χ1) is 35.3. The molecule has 0 spiro atoms. The van der Waals surface area contributed by atoms with Crippen molar-refractivity contribution in [2.24, 2.45) is 0 Å². The van der Waals surface area contributed by atoms with Gasteiger partial charge in [0, 0.05) is 83.4 Å². The summed E-state index contributed by atoms with van der Waals surface area (Å²) in [4.78, 5) is 9.45. The van der Waals surface area contributed by atoms with Gasteiger partial charge in [0.05, 0.1) is 0 Å². The van der Waals surface area contributed by atoms with E-state index in [1.807, 2.05) is 65.2 Å². The Kier molecular flexibility index (Phi) is 10.8. The number of hydrogen-bond donors (Lipinski definition) is 0. The van der Waals surface area contributed by atoms with Gasteiger partial charge in [0.25, 0.3) is 0 Å². The van der Waals surface area contributed by atoms with E-state index >= 15 is 0 Å². The van der Waals surface area contributed by atoms with Gasteiger partial charge in [0.1, 0.15) is 5.82 Å². The maximum absolute atomic E-state index is 9.56. The Morgan fingerprint density at radius 3 is 1.90 bits per heavy atom. The van der Waals surface area contributed by atoms with Crippen LogP contribution in [0, 0.1) is 18.8 Å². The van der Waals surface area contributed by atoms with Crippen molar-refractivity contribution in [3.63, 3.8) is 0 Å². The van der Waals surface area contributed by atoms with Crippen LogP contribution in [0.5, 0.6) is 11.5 Å². The molecule has 12 rings (SSSR count). The minimum atomic E-state index is -1.90. The van der Waals surface area contributed by atoms with Crippen LogP contribution in [-0.2, 0) is 31.9 Å². The summed E-state index contributed by atoms with van der Waals surface area (Å²) in [5.74, 6) is 1.55. The van der Waals surface area contributed by atoms with E-state index in [2.05, 4.69) is 177 Å². The van der Waals surface area contributed by atoms with E-state index in [-0.39, 0.29) is 39.3 Å². The molecule has 2 aliphatic rings. The molecule has 2 aromatic heterocycles. The predicted molar refractivity (Wildman–Crippen MR) is 284 cm³/mol. The van der Waals surface area contributed by atoms with Crippen molar-refractivity contribution in [3.8, 4) is 39.6 Å². The van der Waals surface area contributed by atoms with Gasteiger partial charge in [-0.3, -0.25) is 0 Å². The van der Waals surface area contributed by atoms with Crippen molar-refractivity contribution >= 4 is 44.6 Å². The molecule has 0 N–H and O–H groups in total. The Morgan fingerprint density at radius 2 is 1.21 bits per heavy atom. The average Bonchev–Trinajstić information content (AvgIpc) is 3.95. The molecule has 1 aliphatic carbocycles. The molecule has 0 unspecified atom stereocenters. The zero-order valence-electron chi connectivity index (χ0n) is 43.3. The SMILES string of the molecule is [2H]C1([2H])CCCC([2H])([2H])C1(c1ccccc1)c1ccnc(-n2c3[c-]c(Oc4[c-]c(N5[CH-]N(c6c(-c7ccccc7)cccc6-c6ccccc6)c6ccccc65)cc(C(C)(C)C)c4)ccc3c3ccccc32)c1.[Pt]. The Morgan fingerprint density at radius 1 is 0.586 bits per heavy atom. The molecule has 5 nitrogen and oxygen atoms in total. The summed E-state index contributed by atoms with van der Waals surface area (Å²) in [5.41, 5.74) is 10.4. The van der Waals surface area contributed by atoms with Gasteiger partial charge in [-0.15, -0.1) is 53.6 Å². The summed E-state index contributed by atoms with van der Waals surface area (Å²) in [6, 6.07) is 72.9. The van der Waals surface area contributed by atoms with Crippen LogP contribution in [0.3, 0.4) is 0 Å². The number of benzene rings is 8. The standard InChI is InChI=1S/C64H53N4O.Pt/c1-63(2,3)49-39-50(66-44-67(59-32-17-16-31-58(59)66)62-53(45-21-8-4-9-22-45)28-20-29-54(62)46-23-10-5-11-24-46)42-52(40-49)69-51-33-34-56-55-27-14-15-30-57(55)68(60(56)43-51)61-41-48(35-38-65-61)64(36-18-7-19-37-64)47-25-12-6-13-26-47;/h4-6,8-17,20-35,38-41,44H,7,18-19,36-37H2,1-3H3;/q-3;/i36D2,37D2;. The molecule has 0 saturated heterocycles. The summed E-state index contributed by atoms with van der Waals surface area (Å²) in [5, 5.41) is 1.94. The first-order valence-corrected chi connectivity index (χ1v) is 23.8. The van der Waals surface area contributed by atoms with Gasteiger partial charge in [-0.2, -0.15) is 6.07 Å². The topological polar surface area (TPSA) is 33.5 Å². The summed E-state index contributed by atoms with van der Waals surface area (Å²) in [6.07, 6.45) is -1.19. The molecule has 8 aromatic carbocycles. The van der Waals surface area contributed by atoms with Crippen LogP contribution in [0.15, 0.2) is 200 Å². The Labute approximate surface area is 431 Å². The van der Waals surface area contributed by atoms with Crippen LogP contribution in [0.4, 0.5) is 22.7 Å². The molecule has 10 aromatic rings. The van der Waals surface area contributed by atoms with Crippen molar-refractivity contribution in [2.45, 2.75) is 63.6 Å². The number of anilines is 4. The van der Waals surface area contributed by atoms with Gasteiger partial charge in [-0.05, 0) is 76.1 Å². The zero-order chi connectivity index (χ0) is 50.1. The van der Waals surface area contributed by atoms with Crippen molar-refractivity contribution in [3.05, 3.63) is 236 Å². The monoisotopic (exact) mass is 1090 g/mol. The van der Waals surface area contributed by atoms with E-state index in [0.29, 0.717) is 34.9 Å². The fraction of sp³-hybridized carbons (Fsp3) is 0.156. The third-order valence-corrected chi connectivity index (χ3v) is 13.6. The van der Waals surface area contributed by atoms with Crippen LogP contribution >= 0.6 is 0 Å². The van der Waals surface area contributed by atoms with Gasteiger partial charge in [0.15, 0.2) is 0 Å². The summed E-state index contributed by atoms with van der Waals surface area (Å²) < 4.78 is 47.2. The quantitative estimate of drug-likeness (QED) is 0.135. The first kappa shape index (κ1) is 40.7. The minimum absolute atomic E-state index is 0. The fourth-order valence-corrected chi connectivity index (χ4v) is 10.2. The van der Waals surface area contributed by atoms with Crippen LogP contribution in [-0.4, -0.2) is 9.55 Å². The van der Waals surface area contributed by atoms with Crippen LogP contribution in [0.1, 0.15) is 75.0 Å². The second kappa shape index (κ2) is 18.6. The molecule has 0 amide bonds. The van der Waals surface area contributed by atoms with Gasteiger partial charge < -0.3 is 19.1 Å². The Bertz CT molecular complexity index is 3620. The molecular weight excluding hydrogens is 1040 g/mol. The first-order valence-electron chi connectivity index (χ1n) is 25.8. The number of nitrogens with zero attached hydrogens (tertiary/aromatic N) is 4. The number of fused-ring (bicyclic) bond motifs is 4. The van der Waals surface area contributed by atoms with Crippen molar-refractivity contribution in [1.82, 2.24) is 9.55 Å². The van der Waals surface area contributed by atoms with Crippen LogP contribution in [0.2, 0.25) is 0 Å². The molecule has 0 bridgehead atoms. The fourth-order valence-electron chi connectivity index (χ4n) is 10.2. The molecule has 1 fully saturated rings. The van der Waals surface area contributed by atoms with Crippen molar-refractivity contribution < 1.29 is 31.3 Å². The van der Waals surface area contributed by atoms with Gasteiger partial charge >= 0.3 is 0 Å². The third kappa shape index (κ3) is 8.10. The van der Waals surface area contributed by atoms with E-state index in [1.54, 1.807) is 12.3 Å². The number of rotatable bonds is 9. The minimum Gasteiger partial charge on any atom is -0.509 e. The normalized spacial score (nSPS) is 16.7. The maximum atomic E-state index is 9.56. The predicted octanol–water partition coefficient (Wildman–Crippen LogP) is 16.9. The second-order valence-electron chi connectivity index (χ2n) is 18.9. The summed E-state index contributed by atoms with van der Waals surface area (Å²) in [7, 11) is 0. The molecule has 70 heavy (non-hydrogen) atoms. The number of aromatic nitrogens is 2. The van der Waals surface area contributed by atoms with Crippen molar-refractivity contribution in [1.29, 1.82) is 0 Å². The van der Waals surface area contributed by atoms with E-state index in [4.69, 9.17) is 9.72 Å². The molecule has 0 radical (unpaired) electrons. The van der Waals surface area contributed by atoms with E-state index < -0.39 is 18.2 Å². The molecule has 3 heterocycles. The molecule has 1 aliphatic heterocycles. The average molecular weight is 1090 g/mol. The van der Waals surface area contributed by atoms with Gasteiger partial charge in [-0.1, -0.05) is 185 Å². The van der Waals surface area contributed by atoms with Gasteiger partial charge in [0.2, 0.25) is 0 Å². The third-order valence-electron chi connectivity index (χ3n) is 13.6. The van der Waals surface area contributed by atoms with E-state index in [1.165, 1.54) is 0 Å². The number of ether oxygens (including phenoxy) is 1. The molecule has 6 heteroatoms.